The van der Waals surface area contributed by atoms with Gasteiger partial charge in [0, 0.05) is 6.42 Å². The van der Waals surface area contributed by atoms with Gasteiger partial charge in [-0.3, -0.25) is 0 Å². The van der Waals surface area contributed by atoms with Crippen molar-refractivity contribution in [3.05, 3.63) is 35.9 Å². The van der Waals surface area contributed by atoms with Crippen LogP contribution in [0.2, 0.25) is 0 Å². The van der Waals surface area contributed by atoms with Crippen molar-refractivity contribution >= 4 is 0 Å². The Kier molecular flexibility index (Phi) is 3.81. The summed E-state index contributed by atoms with van der Waals surface area (Å²) in [5.74, 6) is 0. The van der Waals surface area contributed by atoms with Gasteiger partial charge in [0.25, 0.3) is 0 Å². The third-order valence-electron chi connectivity index (χ3n) is 1.71. The number of ether oxygens (including phenoxy) is 1. The van der Waals surface area contributed by atoms with Crippen LogP contribution in [0.1, 0.15) is 19.4 Å². The first-order chi connectivity index (χ1) is 5.95. The van der Waals surface area contributed by atoms with Crippen LogP contribution in [0.15, 0.2) is 30.3 Å². The Balaban J connectivity index is 0.000000336. The minimum absolute atomic E-state index is 0.516. The first-order valence-corrected chi connectivity index (χ1v) is 4.61. The molecule has 1 saturated heterocycles. The molecule has 2 rings (SSSR count). The molecule has 12 heavy (non-hydrogen) atoms. The van der Waals surface area contributed by atoms with Crippen LogP contribution in [0.3, 0.4) is 0 Å². The quantitative estimate of drug-likeness (QED) is 0.612. The maximum atomic E-state index is 5.11. The Bertz CT molecular complexity index is 202. The molecule has 1 nitrogen and oxygen atoms in total. The van der Waals surface area contributed by atoms with Gasteiger partial charge < -0.3 is 4.74 Å². The van der Waals surface area contributed by atoms with Gasteiger partial charge in [0.15, 0.2) is 0 Å². The predicted octanol–water partition coefficient (Wildman–Crippen LogP) is 2.65. The van der Waals surface area contributed by atoms with Gasteiger partial charge in [-0.2, -0.15) is 0 Å². The molecule has 1 aromatic rings. The lowest BCUT2D eigenvalue weighted by Crippen LogP contribution is -1.90. The van der Waals surface area contributed by atoms with E-state index in [0.717, 1.165) is 13.0 Å². The molecule has 0 N–H and O–H groups in total. The Morgan fingerprint density at radius 1 is 1.25 bits per heavy atom. The van der Waals surface area contributed by atoms with Crippen molar-refractivity contribution in [2.24, 2.45) is 0 Å². The van der Waals surface area contributed by atoms with Crippen LogP contribution >= 0.6 is 0 Å². The lowest BCUT2D eigenvalue weighted by Gasteiger charge is -1.93. The number of hydrogen-bond acceptors (Lipinski definition) is 1. The maximum absolute atomic E-state index is 5.11. The number of benzene rings is 1. The van der Waals surface area contributed by atoms with Crippen LogP contribution in [-0.2, 0) is 11.2 Å². The van der Waals surface area contributed by atoms with Gasteiger partial charge in [-0.15, -0.1) is 0 Å². The topological polar surface area (TPSA) is 12.5 Å². The van der Waals surface area contributed by atoms with Crippen molar-refractivity contribution in [2.45, 2.75) is 26.4 Å². The average Bonchev–Trinajstić information content (AvgIpc) is 2.94. The zero-order chi connectivity index (χ0) is 8.81. The van der Waals surface area contributed by atoms with E-state index >= 15 is 0 Å². The van der Waals surface area contributed by atoms with Crippen molar-refractivity contribution in [3.63, 3.8) is 0 Å². The molecule has 66 valence electrons. The highest BCUT2D eigenvalue weighted by Gasteiger charge is 2.21. The summed E-state index contributed by atoms with van der Waals surface area (Å²) in [4.78, 5) is 0. The Morgan fingerprint density at radius 3 is 2.33 bits per heavy atom. The zero-order valence-electron chi connectivity index (χ0n) is 7.79. The third kappa shape index (κ3) is 3.05. The standard InChI is InChI=1S/C9H10O.C2H6/c1-2-4-8(5-3-1)6-9-7-10-9;1-2/h1-5,9H,6-7H2;1-2H3. The number of rotatable bonds is 2. The second-order valence-electron chi connectivity index (χ2n) is 2.65. The molecule has 1 atom stereocenters. The number of epoxide rings is 1. The van der Waals surface area contributed by atoms with E-state index < -0.39 is 0 Å². The number of hydrogen-bond donors (Lipinski definition) is 0. The Labute approximate surface area is 74.4 Å². The summed E-state index contributed by atoms with van der Waals surface area (Å²) in [6, 6.07) is 10.5. The fourth-order valence-electron chi connectivity index (χ4n) is 1.06. The first-order valence-electron chi connectivity index (χ1n) is 4.61. The second kappa shape index (κ2) is 4.94. The van der Waals surface area contributed by atoms with Crippen LogP contribution in [-0.4, -0.2) is 12.7 Å². The van der Waals surface area contributed by atoms with Crippen LogP contribution in [0, 0.1) is 0 Å². The van der Waals surface area contributed by atoms with Crippen molar-refractivity contribution in [2.75, 3.05) is 6.61 Å². The summed E-state index contributed by atoms with van der Waals surface area (Å²) < 4.78 is 5.11. The van der Waals surface area contributed by atoms with Gasteiger partial charge in [-0.1, -0.05) is 44.2 Å². The van der Waals surface area contributed by atoms with Crippen LogP contribution in [0.4, 0.5) is 0 Å². The van der Waals surface area contributed by atoms with Gasteiger partial charge in [-0.25, -0.2) is 0 Å². The monoisotopic (exact) mass is 164 g/mol. The van der Waals surface area contributed by atoms with Crippen LogP contribution in [0.25, 0.3) is 0 Å². The van der Waals surface area contributed by atoms with E-state index in [9.17, 15) is 0 Å². The molecule has 0 aliphatic carbocycles. The minimum atomic E-state index is 0.516. The molecule has 1 fully saturated rings. The predicted molar refractivity (Wildman–Crippen MR) is 51.2 cm³/mol. The molecule has 1 heteroatoms. The molecular formula is C11H16O. The lowest BCUT2D eigenvalue weighted by molar-refractivity contribution is 0.407. The summed E-state index contributed by atoms with van der Waals surface area (Å²) in [6.45, 7) is 4.95. The van der Waals surface area contributed by atoms with Gasteiger partial charge in [0.2, 0.25) is 0 Å². The highest BCUT2D eigenvalue weighted by Crippen LogP contribution is 2.15. The van der Waals surface area contributed by atoms with E-state index in [-0.39, 0.29) is 0 Å². The van der Waals surface area contributed by atoms with E-state index in [2.05, 4.69) is 24.3 Å². The highest BCUT2D eigenvalue weighted by molar-refractivity contribution is 5.16. The van der Waals surface area contributed by atoms with E-state index in [4.69, 9.17) is 4.74 Å². The Hall–Kier alpha value is -0.820. The van der Waals surface area contributed by atoms with Crippen molar-refractivity contribution in [1.82, 2.24) is 0 Å². The normalized spacial score (nSPS) is 19.3. The molecule has 1 unspecified atom stereocenters. The average molecular weight is 164 g/mol. The van der Waals surface area contributed by atoms with Crippen LogP contribution < -0.4 is 0 Å². The van der Waals surface area contributed by atoms with Gasteiger partial charge >= 0.3 is 0 Å². The summed E-state index contributed by atoms with van der Waals surface area (Å²) in [5.41, 5.74) is 1.38. The first kappa shape index (κ1) is 9.27. The Morgan fingerprint density at radius 2 is 1.83 bits per heavy atom. The molecule has 0 spiro atoms. The molecule has 1 aromatic carbocycles. The van der Waals surface area contributed by atoms with Gasteiger partial charge in [0.05, 0.1) is 12.7 Å². The van der Waals surface area contributed by atoms with E-state index in [0.29, 0.717) is 6.10 Å². The van der Waals surface area contributed by atoms with E-state index in [1.165, 1.54) is 5.56 Å². The molecule has 0 amide bonds. The summed E-state index contributed by atoms with van der Waals surface area (Å²) >= 11 is 0. The molecule has 0 bridgehead atoms. The summed E-state index contributed by atoms with van der Waals surface area (Å²) in [6.07, 6.45) is 1.60. The molecular weight excluding hydrogens is 148 g/mol. The summed E-state index contributed by atoms with van der Waals surface area (Å²) in [7, 11) is 0. The minimum Gasteiger partial charge on any atom is -0.373 e. The van der Waals surface area contributed by atoms with Crippen molar-refractivity contribution in [1.29, 1.82) is 0 Å². The van der Waals surface area contributed by atoms with Gasteiger partial charge in [-0.05, 0) is 5.56 Å². The molecule has 1 aliphatic heterocycles. The summed E-state index contributed by atoms with van der Waals surface area (Å²) in [5, 5.41) is 0. The highest BCUT2D eigenvalue weighted by atomic mass is 16.6. The van der Waals surface area contributed by atoms with Gasteiger partial charge in [0.1, 0.15) is 0 Å². The SMILES string of the molecule is CC.c1ccc(CC2CO2)cc1. The maximum Gasteiger partial charge on any atom is 0.0850 e. The zero-order valence-corrected chi connectivity index (χ0v) is 7.79. The molecule has 1 heterocycles. The van der Waals surface area contributed by atoms with Crippen molar-refractivity contribution < 1.29 is 4.74 Å². The fraction of sp³-hybridized carbons (Fsp3) is 0.455. The molecule has 1 aliphatic rings. The second-order valence-corrected chi connectivity index (χ2v) is 2.65. The third-order valence-corrected chi connectivity index (χ3v) is 1.71. The largest absolute Gasteiger partial charge is 0.373 e. The molecule has 0 saturated carbocycles. The smallest absolute Gasteiger partial charge is 0.0850 e. The molecule has 0 radical (unpaired) electrons. The molecule has 0 aromatic heterocycles. The van der Waals surface area contributed by atoms with Crippen molar-refractivity contribution in [3.8, 4) is 0 Å². The fourth-order valence-corrected chi connectivity index (χ4v) is 1.06. The van der Waals surface area contributed by atoms with E-state index in [1.54, 1.807) is 0 Å². The van der Waals surface area contributed by atoms with E-state index in [1.807, 2.05) is 19.9 Å². The lowest BCUT2D eigenvalue weighted by atomic mass is 10.1. The van der Waals surface area contributed by atoms with Crippen LogP contribution in [0.5, 0.6) is 0 Å².